The van der Waals surface area contributed by atoms with Gasteiger partial charge in [0.1, 0.15) is 6.04 Å². The molecule has 0 aliphatic rings. The number of aromatic nitrogens is 3. The summed E-state index contributed by atoms with van der Waals surface area (Å²) >= 11 is 3.17. The summed E-state index contributed by atoms with van der Waals surface area (Å²) < 4.78 is 0. The quantitative estimate of drug-likeness (QED) is 0.556. The Bertz CT molecular complexity index is 909. The zero-order valence-corrected chi connectivity index (χ0v) is 17.1. The van der Waals surface area contributed by atoms with Gasteiger partial charge < -0.3 is 10.1 Å². The van der Waals surface area contributed by atoms with Gasteiger partial charge in [0.15, 0.2) is 5.16 Å². The second-order valence-corrected chi connectivity index (χ2v) is 8.38. The Morgan fingerprint density at radius 1 is 1.26 bits per heavy atom. The van der Waals surface area contributed by atoms with Crippen LogP contribution >= 0.6 is 23.5 Å². The molecule has 27 heavy (non-hydrogen) atoms. The van der Waals surface area contributed by atoms with Crippen molar-refractivity contribution in [2.75, 3.05) is 19.8 Å². The lowest BCUT2D eigenvalue weighted by molar-refractivity contribution is -0.141. The molecule has 8 heteroatoms. The van der Waals surface area contributed by atoms with Crippen molar-refractivity contribution in [1.82, 2.24) is 19.9 Å². The predicted octanol–water partition coefficient (Wildman–Crippen LogP) is 3.67. The number of H-pyrrole nitrogens is 1. The Hall–Kier alpha value is -2.03. The summed E-state index contributed by atoms with van der Waals surface area (Å²) in [4.78, 5) is 26.6. The Morgan fingerprint density at radius 3 is 2.74 bits per heavy atom. The Labute approximate surface area is 166 Å². The van der Waals surface area contributed by atoms with Crippen LogP contribution < -0.4 is 0 Å². The highest BCUT2D eigenvalue weighted by Crippen LogP contribution is 2.29. The highest BCUT2D eigenvalue weighted by molar-refractivity contribution is 7.99. The third-order valence-corrected chi connectivity index (χ3v) is 6.40. The summed E-state index contributed by atoms with van der Waals surface area (Å²) in [6.07, 6.45) is 1.79. The maximum Gasteiger partial charge on any atom is 0.321 e. The number of nitrogens with one attached hydrogen (secondary N) is 1. The van der Waals surface area contributed by atoms with Gasteiger partial charge in [-0.1, -0.05) is 23.9 Å². The fourth-order valence-corrected chi connectivity index (χ4v) is 4.78. The van der Waals surface area contributed by atoms with E-state index in [9.17, 15) is 9.90 Å². The van der Waals surface area contributed by atoms with Crippen LogP contribution in [0.1, 0.15) is 11.3 Å². The standard InChI is InChI=1S/C19H22N4O2S2/c1-12-15(10-27-19-21-13-6-4-5-7-14(13)22-19)20-9-8-17(12)26-11-16(18(24)25)23(2)3/h4-9,16H,10-11H2,1-3H3,(H,21,22)(H,24,25). The van der Waals surface area contributed by atoms with Gasteiger partial charge in [0.05, 0.1) is 16.7 Å². The number of carbonyl (C=O) groups is 1. The Balaban J connectivity index is 1.68. The minimum Gasteiger partial charge on any atom is -0.480 e. The molecule has 1 aromatic carbocycles. The highest BCUT2D eigenvalue weighted by atomic mass is 32.2. The molecular weight excluding hydrogens is 380 g/mol. The molecule has 0 aliphatic heterocycles. The number of imidazole rings is 1. The maximum absolute atomic E-state index is 11.4. The SMILES string of the molecule is Cc1c(SCC(C(=O)O)N(C)C)ccnc1CSc1nc2ccccc2[nH]1. The van der Waals surface area contributed by atoms with Crippen LogP contribution in [-0.2, 0) is 10.5 Å². The van der Waals surface area contributed by atoms with Crippen molar-refractivity contribution in [2.45, 2.75) is 28.8 Å². The number of hydrogen-bond acceptors (Lipinski definition) is 6. The molecule has 142 valence electrons. The summed E-state index contributed by atoms with van der Waals surface area (Å²) in [5, 5.41) is 10.2. The van der Waals surface area contributed by atoms with E-state index in [1.807, 2.05) is 37.3 Å². The van der Waals surface area contributed by atoms with E-state index in [1.165, 1.54) is 0 Å². The number of rotatable bonds is 8. The smallest absolute Gasteiger partial charge is 0.321 e. The topological polar surface area (TPSA) is 82.1 Å². The fourth-order valence-electron chi connectivity index (χ4n) is 2.61. The Morgan fingerprint density at radius 2 is 2.04 bits per heavy atom. The van der Waals surface area contributed by atoms with E-state index in [0.717, 1.165) is 32.3 Å². The van der Waals surface area contributed by atoms with Gasteiger partial charge in [0.25, 0.3) is 0 Å². The number of thioether (sulfide) groups is 2. The Kier molecular flexibility index (Phi) is 6.41. The number of likely N-dealkylation sites (N-methyl/N-ethyl adjacent to an activating group) is 1. The first-order chi connectivity index (χ1) is 13.0. The molecule has 2 N–H and O–H groups in total. The molecule has 0 bridgehead atoms. The van der Waals surface area contributed by atoms with E-state index in [0.29, 0.717) is 11.5 Å². The first kappa shape index (κ1) is 19.7. The molecule has 0 aliphatic carbocycles. The number of aliphatic carboxylic acids is 1. The van der Waals surface area contributed by atoms with Crippen molar-refractivity contribution >= 4 is 40.5 Å². The van der Waals surface area contributed by atoms with Gasteiger partial charge in [-0.3, -0.25) is 14.7 Å². The molecule has 0 fully saturated rings. The summed E-state index contributed by atoms with van der Waals surface area (Å²) in [6.45, 7) is 2.04. The van der Waals surface area contributed by atoms with E-state index < -0.39 is 12.0 Å². The van der Waals surface area contributed by atoms with Crippen LogP contribution in [0.15, 0.2) is 46.6 Å². The zero-order chi connectivity index (χ0) is 19.4. The molecular formula is C19H22N4O2S2. The average Bonchev–Trinajstić information content (AvgIpc) is 3.04. The highest BCUT2D eigenvalue weighted by Gasteiger charge is 2.20. The van der Waals surface area contributed by atoms with E-state index in [2.05, 4.69) is 15.0 Å². The number of fused-ring (bicyclic) bond motifs is 1. The lowest BCUT2D eigenvalue weighted by Crippen LogP contribution is -2.37. The molecule has 3 aromatic rings. The fraction of sp³-hybridized carbons (Fsp3) is 0.316. The van der Waals surface area contributed by atoms with E-state index in [-0.39, 0.29) is 0 Å². The minimum atomic E-state index is -0.806. The zero-order valence-electron chi connectivity index (χ0n) is 15.5. The molecule has 0 saturated heterocycles. The molecule has 0 amide bonds. The number of hydrogen-bond donors (Lipinski definition) is 2. The largest absolute Gasteiger partial charge is 0.480 e. The van der Waals surface area contributed by atoms with Gasteiger partial charge in [0, 0.05) is 22.6 Å². The van der Waals surface area contributed by atoms with E-state index >= 15 is 0 Å². The molecule has 1 unspecified atom stereocenters. The van der Waals surface area contributed by atoms with Crippen LogP contribution in [0, 0.1) is 6.92 Å². The third-order valence-electron chi connectivity index (χ3n) is 4.28. The molecule has 6 nitrogen and oxygen atoms in total. The minimum absolute atomic E-state index is 0.489. The molecule has 3 rings (SSSR count). The number of carboxylic acids is 1. The van der Waals surface area contributed by atoms with Crippen molar-refractivity contribution in [3.63, 3.8) is 0 Å². The van der Waals surface area contributed by atoms with Crippen LogP contribution in [0.3, 0.4) is 0 Å². The number of pyridine rings is 1. The number of nitrogens with zero attached hydrogens (tertiary/aromatic N) is 3. The molecule has 0 radical (unpaired) electrons. The summed E-state index contributed by atoms with van der Waals surface area (Å²) in [7, 11) is 3.57. The summed E-state index contributed by atoms with van der Waals surface area (Å²) in [5.74, 6) is 0.388. The third kappa shape index (κ3) is 4.82. The summed E-state index contributed by atoms with van der Waals surface area (Å²) in [6, 6.07) is 9.39. The number of benzene rings is 1. The molecule has 1 atom stereocenters. The van der Waals surface area contributed by atoms with Crippen molar-refractivity contribution in [1.29, 1.82) is 0 Å². The number of carboxylic acid groups (broad SMARTS) is 1. The normalized spacial score (nSPS) is 12.6. The van der Waals surface area contributed by atoms with Gasteiger partial charge in [-0.25, -0.2) is 4.98 Å². The maximum atomic E-state index is 11.4. The van der Waals surface area contributed by atoms with Crippen LogP contribution in [-0.4, -0.2) is 56.8 Å². The van der Waals surface area contributed by atoms with Gasteiger partial charge in [0.2, 0.25) is 0 Å². The van der Waals surface area contributed by atoms with Crippen LogP contribution in [0.25, 0.3) is 11.0 Å². The average molecular weight is 403 g/mol. The first-order valence-electron chi connectivity index (χ1n) is 8.49. The second-order valence-electron chi connectivity index (χ2n) is 6.36. The van der Waals surface area contributed by atoms with E-state index in [4.69, 9.17) is 0 Å². The van der Waals surface area contributed by atoms with Crippen molar-refractivity contribution in [3.8, 4) is 0 Å². The molecule has 0 spiro atoms. The van der Waals surface area contributed by atoms with Gasteiger partial charge in [-0.05, 0) is 44.8 Å². The van der Waals surface area contributed by atoms with E-state index in [1.54, 1.807) is 48.7 Å². The van der Waals surface area contributed by atoms with Gasteiger partial charge >= 0.3 is 5.97 Å². The van der Waals surface area contributed by atoms with Crippen molar-refractivity contribution in [2.24, 2.45) is 0 Å². The predicted molar refractivity (Wildman–Crippen MR) is 110 cm³/mol. The summed E-state index contributed by atoms with van der Waals surface area (Å²) in [5.41, 5.74) is 4.06. The first-order valence-corrected chi connectivity index (χ1v) is 10.5. The lowest BCUT2D eigenvalue weighted by Gasteiger charge is -2.20. The molecule has 2 aromatic heterocycles. The van der Waals surface area contributed by atoms with Crippen LogP contribution in [0.2, 0.25) is 0 Å². The van der Waals surface area contributed by atoms with Gasteiger partial charge in [-0.15, -0.1) is 11.8 Å². The second kappa shape index (κ2) is 8.77. The van der Waals surface area contributed by atoms with Crippen LogP contribution in [0.4, 0.5) is 0 Å². The van der Waals surface area contributed by atoms with Crippen molar-refractivity contribution in [3.05, 3.63) is 47.8 Å². The number of para-hydroxylation sites is 2. The number of aromatic amines is 1. The van der Waals surface area contributed by atoms with Crippen molar-refractivity contribution < 1.29 is 9.90 Å². The molecule has 0 saturated carbocycles. The lowest BCUT2D eigenvalue weighted by atomic mass is 10.2. The van der Waals surface area contributed by atoms with Crippen LogP contribution in [0.5, 0.6) is 0 Å². The monoisotopic (exact) mass is 402 g/mol. The molecule has 2 heterocycles. The van der Waals surface area contributed by atoms with Gasteiger partial charge in [-0.2, -0.15) is 0 Å².